The van der Waals surface area contributed by atoms with Crippen LogP contribution in [-0.4, -0.2) is 66.5 Å². The van der Waals surface area contributed by atoms with Crippen LogP contribution < -0.4 is 5.32 Å². The lowest BCUT2D eigenvalue weighted by Gasteiger charge is -2.56. The minimum absolute atomic E-state index is 0.0184. The van der Waals surface area contributed by atoms with Gasteiger partial charge in [0, 0.05) is 45.6 Å². The molecule has 0 aliphatic carbocycles. The van der Waals surface area contributed by atoms with Gasteiger partial charge < -0.3 is 19.9 Å². The lowest BCUT2D eigenvalue weighted by Crippen LogP contribution is -2.67. The SMILES string of the molecule is CC(=O)NC[C@H]1[C@H]2C[C@H](CN(CCOCc3ccccc3)C2)[C@@H]2CCCC(=O)N21. The number of rotatable bonds is 7. The van der Waals surface area contributed by atoms with Crippen molar-refractivity contribution in [3.63, 3.8) is 0 Å². The first-order valence-electron chi connectivity index (χ1n) is 11.0. The molecule has 4 rings (SSSR count). The second-order valence-corrected chi connectivity index (χ2v) is 8.82. The van der Waals surface area contributed by atoms with E-state index in [1.165, 1.54) is 12.0 Å². The highest BCUT2D eigenvalue weighted by Gasteiger charge is 2.49. The van der Waals surface area contributed by atoms with Gasteiger partial charge in [0.2, 0.25) is 11.8 Å². The van der Waals surface area contributed by atoms with E-state index in [1.807, 2.05) is 18.2 Å². The number of carbonyl (C=O) groups excluding carboxylic acids is 2. The summed E-state index contributed by atoms with van der Waals surface area (Å²) in [7, 11) is 0. The molecule has 0 saturated carbocycles. The lowest BCUT2D eigenvalue weighted by atomic mass is 9.72. The Balaban J connectivity index is 1.36. The Kier molecular flexibility index (Phi) is 6.50. The van der Waals surface area contributed by atoms with Gasteiger partial charge in [0.15, 0.2) is 0 Å². The van der Waals surface area contributed by atoms with Gasteiger partial charge in [0.05, 0.1) is 19.3 Å². The normalized spacial score (nSPS) is 29.4. The van der Waals surface area contributed by atoms with Gasteiger partial charge in [0.1, 0.15) is 0 Å². The maximum absolute atomic E-state index is 12.7. The Morgan fingerprint density at radius 1 is 1.21 bits per heavy atom. The summed E-state index contributed by atoms with van der Waals surface area (Å²) in [6, 6.07) is 10.7. The number of benzene rings is 1. The summed E-state index contributed by atoms with van der Waals surface area (Å²) in [5.41, 5.74) is 1.20. The van der Waals surface area contributed by atoms with Crippen LogP contribution in [0.5, 0.6) is 0 Å². The van der Waals surface area contributed by atoms with E-state index < -0.39 is 0 Å². The van der Waals surface area contributed by atoms with Crippen LogP contribution in [0.25, 0.3) is 0 Å². The summed E-state index contributed by atoms with van der Waals surface area (Å²) in [6.07, 6.45) is 3.91. The molecule has 1 N–H and O–H groups in total. The molecule has 0 spiro atoms. The average molecular weight is 400 g/mol. The second kappa shape index (κ2) is 9.26. The van der Waals surface area contributed by atoms with E-state index in [-0.39, 0.29) is 17.9 Å². The molecular weight excluding hydrogens is 366 g/mol. The maximum atomic E-state index is 12.7. The number of nitrogens with zero attached hydrogens (tertiary/aromatic N) is 2. The Hall–Kier alpha value is -1.92. The molecule has 1 aromatic rings. The van der Waals surface area contributed by atoms with Crippen molar-refractivity contribution in [1.82, 2.24) is 15.1 Å². The van der Waals surface area contributed by atoms with E-state index in [0.29, 0.717) is 37.5 Å². The van der Waals surface area contributed by atoms with Crippen LogP contribution in [0.15, 0.2) is 30.3 Å². The molecule has 2 amide bonds. The fourth-order valence-electron chi connectivity index (χ4n) is 5.52. The Bertz CT molecular complexity index is 711. The molecule has 29 heavy (non-hydrogen) atoms. The van der Waals surface area contributed by atoms with Crippen LogP contribution in [-0.2, 0) is 20.9 Å². The predicted octanol–water partition coefficient (Wildman–Crippen LogP) is 2.04. The standard InChI is InChI=1S/C23H33N3O3/c1-17(27)24-13-22-20-12-19(21-8-5-9-23(28)26(21)22)14-25(15-20)10-11-29-16-18-6-3-2-4-7-18/h2-4,6-7,19-22H,5,8-16H2,1H3,(H,24,27)/t19-,20+,21+,22+/m1/s1. The molecule has 6 nitrogen and oxygen atoms in total. The Labute approximate surface area is 173 Å². The minimum atomic E-state index is -0.0184. The molecule has 2 bridgehead atoms. The quantitative estimate of drug-likeness (QED) is 0.713. The number of hydrogen-bond donors (Lipinski definition) is 1. The van der Waals surface area contributed by atoms with Gasteiger partial charge in [-0.05, 0) is 36.7 Å². The zero-order chi connectivity index (χ0) is 20.2. The molecule has 0 aromatic heterocycles. The van der Waals surface area contributed by atoms with Gasteiger partial charge in [0.25, 0.3) is 0 Å². The minimum Gasteiger partial charge on any atom is -0.375 e. The molecule has 4 atom stereocenters. The summed E-state index contributed by atoms with van der Waals surface area (Å²) in [6.45, 7) is 6.45. The van der Waals surface area contributed by atoms with E-state index in [2.05, 4.69) is 27.2 Å². The van der Waals surface area contributed by atoms with Crippen molar-refractivity contribution >= 4 is 11.8 Å². The number of piperidine rings is 3. The smallest absolute Gasteiger partial charge is 0.223 e. The van der Waals surface area contributed by atoms with Crippen molar-refractivity contribution < 1.29 is 14.3 Å². The summed E-state index contributed by atoms with van der Waals surface area (Å²) < 4.78 is 5.91. The predicted molar refractivity (Wildman–Crippen MR) is 111 cm³/mol. The van der Waals surface area contributed by atoms with E-state index in [0.717, 1.165) is 39.1 Å². The van der Waals surface area contributed by atoms with Crippen LogP contribution in [0.4, 0.5) is 0 Å². The first kappa shape index (κ1) is 20.4. The average Bonchev–Trinajstić information content (AvgIpc) is 2.72. The summed E-state index contributed by atoms with van der Waals surface area (Å²) >= 11 is 0. The van der Waals surface area contributed by atoms with Crippen LogP contribution in [0.1, 0.15) is 38.2 Å². The van der Waals surface area contributed by atoms with Crippen LogP contribution in [0.3, 0.4) is 0 Å². The number of ether oxygens (including phenoxy) is 1. The molecule has 3 aliphatic rings. The summed E-state index contributed by atoms with van der Waals surface area (Å²) in [4.78, 5) is 28.9. The first-order valence-corrected chi connectivity index (χ1v) is 11.0. The molecular formula is C23H33N3O3. The largest absolute Gasteiger partial charge is 0.375 e. The van der Waals surface area contributed by atoms with Gasteiger partial charge >= 0.3 is 0 Å². The summed E-state index contributed by atoms with van der Waals surface area (Å²) in [5.74, 6) is 1.23. The van der Waals surface area contributed by atoms with Crippen molar-refractivity contribution in [2.45, 2.75) is 51.3 Å². The molecule has 3 saturated heterocycles. The number of hydrogen-bond acceptors (Lipinski definition) is 4. The van der Waals surface area contributed by atoms with E-state index in [4.69, 9.17) is 4.74 Å². The zero-order valence-corrected chi connectivity index (χ0v) is 17.4. The van der Waals surface area contributed by atoms with E-state index in [1.54, 1.807) is 6.92 Å². The number of likely N-dealkylation sites (tertiary alicyclic amines) is 1. The van der Waals surface area contributed by atoms with Crippen LogP contribution >= 0.6 is 0 Å². The molecule has 1 aromatic carbocycles. The number of nitrogens with one attached hydrogen (secondary N) is 1. The zero-order valence-electron chi connectivity index (χ0n) is 17.4. The highest BCUT2D eigenvalue weighted by atomic mass is 16.5. The first-order chi connectivity index (χ1) is 14.1. The highest BCUT2D eigenvalue weighted by Crippen LogP contribution is 2.41. The highest BCUT2D eigenvalue weighted by molar-refractivity contribution is 5.78. The third-order valence-electron chi connectivity index (χ3n) is 6.80. The van der Waals surface area contributed by atoms with Crippen LogP contribution in [0, 0.1) is 11.8 Å². The third-order valence-corrected chi connectivity index (χ3v) is 6.80. The van der Waals surface area contributed by atoms with Gasteiger partial charge in [-0.1, -0.05) is 30.3 Å². The van der Waals surface area contributed by atoms with Crippen LogP contribution in [0.2, 0.25) is 0 Å². The fraction of sp³-hybridized carbons (Fsp3) is 0.652. The molecule has 0 radical (unpaired) electrons. The summed E-state index contributed by atoms with van der Waals surface area (Å²) in [5, 5.41) is 2.98. The van der Waals surface area contributed by atoms with Crippen molar-refractivity contribution in [1.29, 1.82) is 0 Å². The topological polar surface area (TPSA) is 61.9 Å². The monoisotopic (exact) mass is 399 g/mol. The molecule has 6 heteroatoms. The lowest BCUT2D eigenvalue weighted by molar-refractivity contribution is -0.153. The van der Waals surface area contributed by atoms with E-state index in [9.17, 15) is 9.59 Å². The van der Waals surface area contributed by atoms with Gasteiger partial charge in [-0.3, -0.25) is 9.59 Å². The molecule has 3 fully saturated rings. The molecule has 3 heterocycles. The van der Waals surface area contributed by atoms with E-state index >= 15 is 0 Å². The van der Waals surface area contributed by atoms with Gasteiger partial charge in [-0.2, -0.15) is 0 Å². The van der Waals surface area contributed by atoms with Crippen molar-refractivity contribution in [2.75, 3.05) is 32.8 Å². The van der Waals surface area contributed by atoms with Gasteiger partial charge in [-0.15, -0.1) is 0 Å². The fourth-order valence-corrected chi connectivity index (χ4v) is 5.52. The number of fused-ring (bicyclic) bond motifs is 4. The van der Waals surface area contributed by atoms with Crippen molar-refractivity contribution in [3.8, 4) is 0 Å². The van der Waals surface area contributed by atoms with Crippen molar-refractivity contribution in [3.05, 3.63) is 35.9 Å². The van der Waals surface area contributed by atoms with Gasteiger partial charge in [-0.25, -0.2) is 0 Å². The number of carbonyl (C=O) groups is 2. The number of amides is 2. The molecule has 158 valence electrons. The Morgan fingerprint density at radius 2 is 2.00 bits per heavy atom. The Morgan fingerprint density at radius 3 is 2.79 bits per heavy atom. The molecule has 3 aliphatic heterocycles. The molecule has 0 unspecified atom stereocenters. The third kappa shape index (κ3) is 4.81. The van der Waals surface area contributed by atoms with Crippen molar-refractivity contribution in [2.24, 2.45) is 11.8 Å². The maximum Gasteiger partial charge on any atom is 0.223 e. The second-order valence-electron chi connectivity index (χ2n) is 8.82.